The van der Waals surface area contributed by atoms with Gasteiger partial charge in [-0.05, 0) is 6.42 Å². The van der Waals surface area contributed by atoms with E-state index in [2.05, 4.69) is 5.32 Å². The van der Waals surface area contributed by atoms with E-state index >= 15 is 0 Å². The second-order valence-electron chi connectivity index (χ2n) is 2.21. The fourth-order valence-electron chi connectivity index (χ4n) is 0.949. The van der Waals surface area contributed by atoms with E-state index in [0.29, 0.717) is 0 Å². The van der Waals surface area contributed by atoms with Gasteiger partial charge in [0.05, 0.1) is 12.7 Å². The summed E-state index contributed by atoms with van der Waals surface area (Å²) in [6, 6.07) is 0. The molecule has 1 saturated heterocycles. The Balaban J connectivity index is 0.000000810. The highest BCUT2D eigenvalue weighted by molar-refractivity contribution is 4.65. The Morgan fingerprint density at radius 1 is 1.60 bits per heavy atom. The van der Waals surface area contributed by atoms with Crippen molar-refractivity contribution >= 4 is 0 Å². The quantitative estimate of drug-likeness (QED) is 0.559. The van der Waals surface area contributed by atoms with Crippen LogP contribution >= 0.6 is 0 Å². The van der Waals surface area contributed by atoms with Crippen molar-refractivity contribution in [1.82, 2.24) is 5.32 Å². The second kappa shape index (κ2) is 5.58. The molecule has 0 aromatic carbocycles. The Kier molecular flexibility index (Phi) is 5.48. The standard InChI is InChI=1S/C6H13NO2.FH/c8-3-1-6-5-7-2-4-9-6;/h6-8H,1-5H2;1H. The maximum absolute atomic E-state index is 8.51. The molecule has 1 rings (SSSR count). The van der Waals surface area contributed by atoms with Crippen LogP contribution in [0.15, 0.2) is 0 Å². The van der Waals surface area contributed by atoms with E-state index in [1.165, 1.54) is 0 Å². The lowest BCUT2D eigenvalue weighted by atomic mass is 10.2. The Bertz CT molecular complexity index is 73.4. The van der Waals surface area contributed by atoms with Gasteiger partial charge in [0.1, 0.15) is 0 Å². The molecule has 0 aromatic rings. The third kappa shape index (κ3) is 3.10. The number of hydrogen-bond donors (Lipinski definition) is 2. The van der Waals surface area contributed by atoms with E-state index in [4.69, 9.17) is 9.84 Å². The molecule has 1 aliphatic heterocycles. The average Bonchev–Trinajstić information content (AvgIpc) is 1.91. The third-order valence-corrected chi connectivity index (χ3v) is 1.46. The number of hydrogen-bond acceptors (Lipinski definition) is 3. The summed E-state index contributed by atoms with van der Waals surface area (Å²) >= 11 is 0. The molecule has 1 aliphatic rings. The molecule has 1 atom stereocenters. The minimum atomic E-state index is 0. The highest BCUT2D eigenvalue weighted by Crippen LogP contribution is 1.98. The minimum Gasteiger partial charge on any atom is -0.396 e. The van der Waals surface area contributed by atoms with Crippen LogP contribution in [-0.4, -0.2) is 37.5 Å². The van der Waals surface area contributed by atoms with Gasteiger partial charge in [-0.25, -0.2) is 0 Å². The fraction of sp³-hybridized carbons (Fsp3) is 1.00. The average molecular weight is 151 g/mol. The van der Waals surface area contributed by atoms with Gasteiger partial charge < -0.3 is 15.2 Å². The Hall–Kier alpha value is -0.190. The zero-order valence-corrected chi connectivity index (χ0v) is 5.88. The highest BCUT2D eigenvalue weighted by atomic mass is 19.0. The monoisotopic (exact) mass is 151 g/mol. The highest BCUT2D eigenvalue weighted by Gasteiger charge is 2.11. The molecule has 0 spiro atoms. The van der Waals surface area contributed by atoms with E-state index in [1.54, 1.807) is 0 Å². The molecule has 0 bridgehead atoms. The number of morpholine rings is 1. The normalized spacial score (nSPS) is 25.5. The Morgan fingerprint density at radius 3 is 2.90 bits per heavy atom. The molecule has 0 aromatic heterocycles. The summed E-state index contributed by atoms with van der Waals surface area (Å²) in [6.45, 7) is 2.85. The summed E-state index contributed by atoms with van der Waals surface area (Å²) < 4.78 is 5.30. The molecule has 1 heterocycles. The second-order valence-corrected chi connectivity index (χ2v) is 2.21. The Labute approximate surface area is 59.7 Å². The smallest absolute Gasteiger partial charge is 0.0721 e. The van der Waals surface area contributed by atoms with Crippen LogP contribution in [0.4, 0.5) is 4.70 Å². The van der Waals surface area contributed by atoms with Crippen LogP contribution in [-0.2, 0) is 4.74 Å². The van der Waals surface area contributed by atoms with Crippen molar-refractivity contribution in [2.75, 3.05) is 26.3 Å². The summed E-state index contributed by atoms with van der Waals surface area (Å²) in [4.78, 5) is 0. The zero-order chi connectivity index (χ0) is 6.53. The zero-order valence-electron chi connectivity index (χ0n) is 5.88. The summed E-state index contributed by atoms with van der Waals surface area (Å²) in [5.41, 5.74) is 0. The predicted octanol–water partition coefficient (Wildman–Crippen LogP) is -0.490. The van der Waals surface area contributed by atoms with Crippen LogP contribution in [0, 0.1) is 0 Å². The van der Waals surface area contributed by atoms with Gasteiger partial charge in [0.2, 0.25) is 0 Å². The molecule has 0 saturated carbocycles. The maximum atomic E-state index is 8.51. The van der Waals surface area contributed by atoms with Crippen LogP contribution in [0.25, 0.3) is 0 Å². The van der Waals surface area contributed by atoms with Gasteiger partial charge in [0.25, 0.3) is 0 Å². The van der Waals surface area contributed by atoms with Crippen molar-refractivity contribution in [3.05, 3.63) is 0 Å². The first-order chi connectivity index (χ1) is 4.43. The molecule has 10 heavy (non-hydrogen) atoms. The van der Waals surface area contributed by atoms with Gasteiger partial charge in [-0.1, -0.05) is 0 Å². The van der Waals surface area contributed by atoms with Crippen LogP contribution in [0.2, 0.25) is 0 Å². The largest absolute Gasteiger partial charge is 0.396 e. The first-order valence-corrected chi connectivity index (χ1v) is 3.36. The van der Waals surface area contributed by atoms with Crippen molar-refractivity contribution in [2.45, 2.75) is 12.5 Å². The van der Waals surface area contributed by atoms with Crippen molar-refractivity contribution < 1.29 is 14.5 Å². The van der Waals surface area contributed by atoms with E-state index in [1.807, 2.05) is 0 Å². The van der Waals surface area contributed by atoms with E-state index in [9.17, 15) is 0 Å². The molecule has 3 nitrogen and oxygen atoms in total. The summed E-state index contributed by atoms with van der Waals surface area (Å²) in [7, 11) is 0. The predicted molar refractivity (Wildman–Crippen MR) is 36.8 cm³/mol. The number of rotatable bonds is 2. The molecular formula is C6H14FNO2. The number of nitrogens with one attached hydrogen (secondary N) is 1. The molecule has 4 heteroatoms. The lowest BCUT2D eigenvalue weighted by molar-refractivity contribution is 0.0139. The van der Waals surface area contributed by atoms with E-state index in [-0.39, 0.29) is 17.4 Å². The number of aliphatic hydroxyl groups is 1. The van der Waals surface area contributed by atoms with Crippen LogP contribution in [0.5, 0.6) is 0 Å². The van der Waals surface area contributed by atoms with Gasteiger partial charge in [-0.3, -0.25) is 4.70 Å². The van der Waals surface area contributed by atoms with E-state index in [0.717, 1.165) is 26.1 Å². The van der Waals surface area contributed by atoms with Gasteiger partial charge in [0.15, 0.2) is 0 Å². The molecule has 1 fully saturated rings. The van der Waals surface area contributed by atoms with E-state index < -0.39 is 0 Å². The van der Waals surface area contributed by atoms with Crippen molar-refractivity contribution in [3.8, 4) is 0 Å². The van der Waals surface area contributed by atoms with Gasteiger partial charge in [-0.15, -0.1) is 0 Å². The summed E-state index contributed by atoms with van der Waals surface area (Å²) in [5.74, 6) is 0. The Morgan fingerprint density at radius 2 is 2.40 bits per heavy atom. The minimum absolute atomic E-state index is 0. The van der Waals surface area contributed by atoms with Crippen LogP contribution in [0.1, 0.15) is 6.42 Å². The SMILES string of the molecule is F.OCCC1CNCCO1. The van der Waals surface area contributed by atoms with Gasteiger partial charge >= 0.3 is 0 Å². The first-order valence-electron chi connectivity index (χ1n) is 3.36. The first kappa shape index (κ1) is 9.81. The molecule has 0 radical (unpaired) electrons. The summed E-state index contributed by atoms with van der Waals surface area (Å²) in [5, 5.41) is 11.7. The molecular weight excluding hydrogens is 137 g/mol. The van der Waals surface area contributed by atoms with Crippen molar-refractivity contribution in [1.29, 1.82) is 0 Å². The number of ether oxygens (including phenoxy) is 1. The topological polar surface area (TPSA) is 41.5 Å². The maximum Gasteiger partial charge on any atom is 0.0721 e. The molecule has 1 unspecified atom stereocenters. The molecule has 2 N–H and O–H groups in total. The van der Waals surface area contributed by atoms with Gasteiger partial charge in [0, 0.05) is 19.7 Å². The van der Waals surface area contributed by atoms with Gasteiger partial charge in [-0.2, -0.15) is 0 Å². The lowest BCUT2D eigenvalue weighted by Gasteiger charge is -2.22. The molecule has 62 valence electrons. The lowest BCUT2D eigenvalue weighted by Crippen LogP contribution is -2.38. The number of halogens is 1. The number of aliphatic hydroxyl groups excluding tert-OH is 1. The molecule has 0 aliphatic carbocycles. The fourth-order valence-corrected chi connectivity index (χ4v) is 0.949. The van der Waals surface area contributed by atoms with Crippen LogP contribution < -0.4 is 5.32 Å². The molecule has 0 amide bonds. The van der Waals surface area contributed by atoms with Crippen molar-refractivity contribution in [2.24, 2.45) is 0 Å². The van der Waals surface area contributed by atoms with Crippen molar-refractivity contribution in [3.63, 3.8) is 0 Å². The summed E-state index contributed by atoms with van der Waals surface area (Å²) in [6.07, 6.45) is 0.997. The van der Waals surface area contributed by atoms with Crippen LogP contribution in [0.3, 0.4) is 0 Å². The third-order valence-electron chi connectivity index (χ3n) is 1.46.